The first-order chi connectivity index (χ1) is 29.2. The van der Waals surface area contributed by atoms with E-state index in [1.165, 1.54) is 21.1 Å². The van der Waals surface area contributed by atoms with Gasteiger partial charge < -0.3 is 68.7 Å². The summed E-state index contributed by atoms with van der Waals surface area (Å²) in [5.74, 6) is -5.70. The minimum absolute atomic E-state index is 0.111. The topological polar surface area (TPSA) is 240 Å². The standard InChI is InChI=1S/C38H69NO13.C8H8O3/c1-15-26-38(10,45)31(42)21(4)28(40)19(2)17-37(9,47-14)33(52-35-29(41)25(39(11)12)16-20(3)48-35)22(5)30(23(6)34(44)50-26)51-27-18-36(8,46-13)32(43)24(7)49-27;9-7(8(10)11)6-4-2-1-3-5-6/h19-27,29-33,35,41-43,45H,15-18H2,1-14H3;1-5,7,9H,(H,10,11)/t19-,20-,21+,22+,23-,24+,25+,26-,27+,29-,30+,31-,32+,33-,35+,36-,37-,38-;/m1./s1. The summed E-state index contributed by atoms with van der Waals surface area (Å²) < 4.78 is 43.9. The van der Waals surface area contributed by atoms with Gasteiger partial charge in [-0.2, -0.15) is 0 Å². The molecule has 1 aromatic rings. The lowest BCUT2D eigenvalue weighted by molar-refractivity contribution is -0.319. The number of nitrogens with zero attached hydrogens (tertiary/aromatic N) is 1. The molecule has 0 radical (unpaired) electrons. The number of ketones is 1. The molecule has 0 bridgehead atoms. The maximum atomic E-state index is 14.2. The maximum absolute atomic E-state index is 14.2. The Morgan fingerprint density at radius 3 is 1.98 bits per heavy atom. The second kappa shape index (κ2) is 22.7. The van der Waals surface area contributed by atoms with Crippen molar-refractivity contribution < 1.29 is 78.2 Å². The molecule has 19 atom stereocenters. The van der Waals surface area contributed by atoms with Gasteiger partial charge in [0.1, 0.15) is 29.7 Å². The van der Waals surface area contributed by atoms with Crippen LogP contribution in [-0.4, -0.2) is 166 Å². The van der Waals surface area contributed by atoms with Crippen LogP contribution in [0, 0.1) is 23.7 Å². The van der Waals surface area contributed by atoms with Gasteiger partial charge in [-0.1, -0.05) is 58.0 Å². The monoisotopic (exact) mass is 900 g/mol. The Bertz CT molecular complexity index is 1620. The molecule has 4 rings (SSSR count). The van der Waals surface area contributed by atoms with Crippen LogP contribution in [0.5, 0.6) is 0 Å². The van der Waals surface area contributed by atoms with Crippen molar-refractivity contribution in [2.24, 2.45) is 23.7 Å². The Balaban J connectivity index is 0.000000832. The summed E-state index contributed by atoms with van der Waals surface area (Å²) in [7, 11) is 6.77. The van der Waals surface area contributed by atoms with Crippen molar-refractivity contribution in [2.75, 3.05) is 28.3 Å². The highest BCUT2D eigenvalue weighted by atomic mass is 16.7. The number of rotatable bonds is 10. The van der Waals surface area contributed by atoms with E-state index >= 15 is 0 Å². The van der Waals surface area contributed by atoms with Crippen LogP contribution in [0.2, 0.25) is 0 Å². The Morgan fingerprint density at radius 1 is 0.873 bits per heavy atom. The minimum Gasteiger partial charge on any atom is -0.479 e. The molecule has 3 saturated heterocycles. The van der Waals surface area contributed by atoms with E-state index < -0.39 is 114 Å². The van der Waals surface area contributed by atoms with E-state index in [-0.39, 0.29) is 37.2 Å². The van der Waals surface area contributed by atoms with E-state index in [0.717, 1.165) is 0 Å². The Morgan fingerprint density at radius 2 is 1.46 bits per heavy atom. The third kappa shape index (κ3) is 12.8. The van der Waals surface area contributed by atoms with Crippen LogP contribution in [0.1, 0.15) is 107 Å². The van der Waals surface area contributed by atoms with Gasteiger partial charge in [0.25, 0.3) is 0 Å². The highest BCUT2D eigenvalue weighted by molar-refractivity contribution is 5.83. The fraction of sp³-hybridized carbons (Fsp3) is 0.804. The SMILES string of the molecule is CC[C@H]1OC(=O)[C@H](C)[C@@H](O[C@H]2C[C@@](C)(OC)[C@@H](O)[C@H](C)O2)[C@H](C)[C@@H](O[C@@H]2O[C@H](C)C[C@H](N(C)C)[C@H]2O)[C@](C)(OC)C[C@@H](C)C(=O)[C@H](C)[C@@H](O)[C@]1(C)O.O=C(O)C(O)c1ccccc1. The van der Waals surface area contributed by atoms with Crippen molar-refractivity contribution in [1.29, 1.82) is 0 Å². The van der Waals surface area contributed by atoms with Crippen LogP contribution < -0.4 is 0 Å². The molecule has 6 N–H and O–H groups in total. The average Bonchev–Trinajstić information content (AvgIpc) is 3.24. The van der Waals surface area contributed by atoms with Gasteiger partial charge in [-0.15, -0.1) is 0 Å². The van der Waals surface area contributed by atoms with Gasteiger partial charge in [-0.3, -0.25) is 9.59 Å². The van der Waals surface area contributed by atoms with Crippen LogP contribution in [0.4, 0.5) is 0 Å². The molecular formula is C46H77NO16. The normalized spacial score (nSPS) is 42.6. The lowest BCUT2D eigenvalue weighted by Gasteiger charge is -2.50. The lowest BCUT2D eigenvalue weighted by atomic mass is 9.74. The molecule has 1 unspecified atom stereocenters. The summed E-state index contributed by atoms with van der Waals surface area (Å²) in [6.07, 6.45) is -10.1. The zero-order valence-electron chi connectivity index (χ0n) is 39.7. The maximum Gasteiger partial charge on any atom is 0.337 e. The predicted octanol–water partition coefficient (Wildman–Crippen LogP) is 3.24. The van der Waals surface area contributed by atoms with Gasteiger partial charge in [-0.05, 0) is 80.5 Å². The summed E-state index contributed by atoms with van der Waals surface area (Å²) in [5, 5.41) is 62.9. The third-order valence-corrected chi connectivity index (χ3v) is 13.6. The van der Waals surface area contributed by atoms with Gasteiger partial charge >= 0.3 is 11.9 Å². The number of aliphatic hydroxyl groups is 5. The number of hydrogen-bond donors (Lipinski definition) is 6. The van der Waals surface area contributed by atoms with Gasteiger partial charge in [0.2, 0.25) is 0 Å². The Hall–Kier alpha value is -2.65. The van der Waals surface area contributed by atoms with Crippen molar-refractivity contribution in [2.45, 2.75) is 185 Å². The van der Waals surface area contributed by atoms with Crippen LogP contribution in [0.3, 0.4) is 0 Å². The predicted molar refractivity (Wildman–Crippen MR) is 230 cm³/mol. The Labute approximate surface area is 373 Å². The fourth-order valence-corrected chi connectivity index (χ4v) is 9.36. The molecule has 3 aliphatic rings. The molecule has 1 aromatic carbocycles. The van der Waals surface area contributed by atoms with Crippen LogP contribution in [0.25, 0.3) is 0 Å². The number of likely N-dealkylation sites (N-methyl/N-ethyl adjacent to an activating group) is 1. The first kappa shape index (κ1) is 54.7. The number of carboxylic acids is 1. The van der Waals surface area contributed by atoms with E-state index in [1.807, 2.05) is 32.8 Å². The van der Waals surface area contributed by atoms with E-state index in [4.69, 9.17) is 43.4 Å². The molecular weight excluding hydrogens is 822 g/mol. The number of carbonyl (C=O) groups is 3. The molecule has 17 nitrogen and oxygen atoms in total. The van der Waals surface area contributed by atoms with Crippen molar-refractivity contribution >= 4 is 17.7 Å². The molecule has 17 heteroatoms. The van der Waals surface area contributed by atoms with E-state index in [9.17, 15) is 34.8 Å². The molecule has 63 heavy (non-hydrogen) atoms. The number of cyclic esters (lactones) is 1. The summed E-state index contributed by atoms with van der Waals surface area (Å²) in [4.78, 5) is 40.3. The molecule has 0 aromatic heterocycles. The first-order valence-corrected chi connectivity index (χ1v) is 22.1. The number of carbonyl (C=O) groups excluding carboxylic acids is 2. The molecule has 0 spiro atoms. The van der Waals surface area contributed by atoms with Crippen LogP contribution >= 0.6 is 0 Å². The van der Waals surface area contributed by atoms with Crippen molar-refractivity contribution in [3.8, 4) is 0 Å². The molecule has 0 aliphatic carbocycles. The zero-order valence-corrected chi connectivity index (χ0v) is 39.7. The van der Waals surface area contributed by atoms with E-state index in [0.29, 0.717) is 12.0 Å². The second-order valence-electron chi connectivity index (χ2n) is 18.8. The summed E-state index contributed by atoms with van der Waals surface area (Å²) in [6.45, 7) is 17.1. The number of benzene rings is 1. The number of carboxylic acid groups (broad SMARTS) is 1. The van der Waals surface area contributed by atoms with Gasteiger partial charge in [0.05, 0.1) is 47.6 Å². The van der Waals surface area contributed by atoms with Crippen molar-refractivity contribution in [3.05, 3.63) is 35.9 Å². The first-order valence-electron chi connectivity index (χ1n) is 22.1. The van der Waals surface area contributed by atoms with Crippen molar-refractivity contribution in [3.63, 3.8) is 0 Å². The smallest absolute Gasteiger partial charge is 0.337 e. The largest absolute Gasteiger partial charge is 0.479 e. The number of ether oxygens (including phenoxy) is 7. The fourth-order valence-electron chi connectivity index (χ4n) is 9.36. The molecule has 3 fully saturated rings. The molecule has 0 saturated carbocycles. The molecule has 3 aliphatic heterocycles. The van der Waals surface area contributed by atoms with E-state index in [2.05, 4.69) is 0 Å². The van der Waals surface area contributed by atoms with Crippen LogP contribution in [-0.2, 0) is 47.5 Å². The molecule has 0 amide bonds. The highest BCUT2D eigenvalue weighted by Gasteiger charge is 2.54. The number of aliphatic hydroxyl groups excluding tert-OH is 4. The second-order valence-corrected chi connectivity index (χ2v) is 18.8. The quantitative estimate of drug-likeness (QED) is 0.185. The number of Topliss-reactive ketones (excluding diaryl/α,β-unsaturated/α-hetero) is 1. The van der Waals surface area contributed by atoms with Gasteiger partial charge in [0.15, 0.2) is 18.7 Å². The molecule has 362 valence electrons. The Kier molecular flexibility index (Phi) is 19.7. The van der Waals surface area contributed by atoms with Crippen molar-refractivity contribution in [1.82, 2.24) is 4.90 Å². The lowest BCUT2D eigenvalue weighted by Crippen LogP contribution is -2.61. The highest BCUT2D eigenvalue weighted by Crippen LogP contribution is 2.42. The number of hydrogen-bond acceptors (Lipinski definition) is 16. The summed E-state index contributed by atoms with van der Waals surface area (Å²) in [5.41, 5.74) is -3.84. The third-order valence-electron chi connectivity index (χ3n) is 13.6. The minimum atomic E-state index is -1.96. The molecule has 3 heterocycles. The van der Waals surface area contributed by atoms with Gasteiger partial charge in [0, 0.05) is 44.4 Å². The van der Waals surface area contributed by atoms with Crippen LogP contribution in [0.15, 0.2) is 30.3 Å². The number of esters is 1. The van der Waals surface area contributed by atoms with E-state index in [1.54, 1.807) is 78.8 Å². The number of aliphatic carboxylic acids is 1. The summed E-state index contributed by atoms with van der Waals surface area (Å²) in [6, 6.07) is 7.98. The van der Waals surface area contributed by atoms with Gasteiger partial charge in [-0.25, -0.2) is 4.79 Å². The summed E-state index contributed by atoms with van der Waals surface area (Å²) >= 11 is 0. The average molecular weight is 900 g/mol. The zero-order chi connectivity index (χ0) is 47.9. The number of methoxy groups -OCH3 is 2.